The van der Waals surface area contributed by atoms with Gasteiger partial charge in [0.05, 0.1) is 16.7 Å². The molecule has 8 heteroatoms. The summed E-state index contributed by atoms with van der Waals surface area (Å²) in [7, 11) is -3.02. The second-order valence-corrected chi connectivity index (χ2v) is 9.23. The summed E-state index contributed by atoms with van der Waals surface area (Å²) in [6, 6.07) is 5.39. The first-order chi connectivity index (χ1) is 10.3. The number of hydrogen-bond donors (Lipinski definition) is 0. The number of hydrogen-bond acceptors (Lipinski definition) is 5. The molecule has 1 aromatic heterocycles. The van der Waals surface area contributed by atoms with E-state index in [1.165, 1.54) is 18.0 Å². The molecule has 0 fully saturated rings. The fourth-order valence-corrected chi connectivity index (χ4v) is 4.57. The van der Waals surface area contributed by atoms with Crippen molar-refractivity contribution in [2.24, 2.45) is 0 Å². The van der Waals surface area contributed by atoms with Crippen molar-refractivity contribution in [1.82, 2.24) is 9.55 Å². The Kier molecular flexibility index (Phi) is 5.68. The Morgan fingerprint density at radius 3 is 2.73 bits per heavy atom. The van der Waals surface area contributed by atoms with E-state index in [4.69, 9.17) is 0 Å². The van der Waals surface area contributed by atoms with Gasteiger partial charge < -0.3 is 0 Å². The number of nitrogens with zero attached hydrogens (tertiary/aromatic N) is 2. The zero-order chi connectivity index (χ0) is 16.3. The highest BCUT2D eigenvalue weighted by Gasteiger charge is 2.12. The van der Waals surface area contributed by atoms with Crippen LogP contribution in [0.1, 0.15) is 13.3 Å². The standard InChI is InChI=1S/C14H17BrN2O3S2/c1-3-6-17-13(18)11-9-10(15)4-5-12(11)16-14(17)21-7-8-22(2,19)20/h4-5,9H,3,6-8H2,1-2H3. The molecular formula is C14H17BrN2O3S2. The molecule has 0 bridgehead atoms. The third-order valence-electron chi connectivity index (χ3n) is 3.01. The molecular weight excluding hydrogens is 388 g/mol. The minimum absolute atomic E-state index is 0.0675. The van der Waals surface area contributed by atoms with Crippen LogP contribution in [0.5, 0.6) is 0 Å². The van der Waals surface area contributed by atoms with E-state index in [1.54, 1.807) is 16.7 Å². The molecule has 0 radical (unpaired) electrons. The smallest absolute Gasteiger partial charge is 0.262 e. The topological polar surface area (TPSA) is 69.0 Å². The monoisotopic (exact) mass is 404 g/mol. The maximum Gasteiger partial charge on any atom is 0.262 e. The molecule has 2 aromatic rings. The first kappa shape index (κ1) is 17.5. The summed E-state index contributed by atoms with van der Waals surface area (Å²) >= 11 is 4.67. The van der Waals surface area contributed by atoms with Gasteiger partial charge >= 0.3 is 0 Å². The minimum Gasteiger partial charge on any atom is -0.287 e. The summed E-state index contributed by atoms with van der Waals surface area (Å²) in [6.45, 7) is 2.55. The van der Waals surface area contributed by atoms with Crippen molar-refractivity contribution in [1.29, 1.82) is 0 Å². The van der Waals surface area contributed by atoms with Crippen molar-refractivity contribution >= 4 is 48.4 Å². The van der Waals surface area contributed by atoms with Crippen molar-refractivity contribution in [3.05, 3.63) is 33.0 Å². The highest BCUT2D eigenvalue weighted by Crippen LogP contribution is 2.21. The molecule has 1 heterocycles. The van der Waals surface area contributed by atoms with Gasteiger partial charge in [-0.15, -0.1) is 0 Å². The average molecular weight is 405 g/mol. The summed E-state index contributed by atoms with van der Waals surface area (Å²) in [6.07, 6.45) is 2.01. The highest BCUT2D eigenvalue weighted by atomic mass is 79.9. The lowest BCUT2D eigenvalue weighted by molar-refractivity contribution is 0.584. The lowest BCUT2D eigenvalue weighted by atomic mass is 10.2. The SMILES string of the molecule is CCCn1c(SCCS(C)(=O)=O)nc2ccc(Br)cc2c1=O. The Balaban J connectivity index is 2.45. The van der Waals surface area contributed by atoms with Crippen LogP contribution in [0.25, 0.3) is 10.9 Å². The van der Waals surface area contributed by atoms with Crippen LogP contribution in [-0.2, 0) is 16.4 Å². The number of fused-ring (bicyclic) bond motifs is 1. The third-order valence-corrected chi connectivity index (χ3v) is 5.69. The molecule has 0 atom stereocenters. The molecule has 0 aliphatic carbocycles. The van der Waals surface area contributed by atoms with Crippen LogP contribution in [0.3, 0.4) is 0 Å². The molecule has 120 valence electrons. The highest BCUT2D eigenvalue weighted by molar-refractivity contribution is 9.10. The lowest BCUT2D eigenvalue weighted by Crippen LogP contribution is -2.23. The van der Waals surface area contributed by atoms with Crippen LogP contribution < -0.4 is 5.56 Å². The number of sulfone groups is 1. The molecule has 0 saturated heterocycles. The molecule has 0 aliphatic heterocycles. The van der Waals surface area contributed by atoms with Crippen LogP contribution in [0.15, 0.2) is 32.6 Å². The Labute approximate surface area is 142 Å². The maximum absolute atomic E-state index is 12.6. The van der Waals surface area contributed by atoms with E-state index in [2.05, 4.69) is 20.9 Å². The molecule has 0 aliphatic rings. The van der Waals surface area contributed by atoms with Crippen LogP contribution in [0.4, 0.5) is 0 Å². The van der Waals surface area contributed by atoms with Gasteiger partial charge in [0.25, 0.3) is 5.56 Å². The zero-order valence-corrected chi connectivity index (χ0v) is 15.6. The molecule has 1 aromatic carbocycles. The van der Waals surface area contributed by atoms with Crippen LogP contribution >= 0.6 is 27.7 Å². The fraction of sp³-hybridized carbons (Fsp3) is 0.429. The number of thioether (sulfide) groups is 1. The third kappa shape index (κ3) is 4.33. The Hall–Kier alpha value is -0.860. The molecule has 0 amide bonds. The van der Waals surface area contributed by atoms with E-state index in [-0.39, 0.29) is 11.3 Å². The first-order valence-corrected chi connectivity index (χ1v) is 10.7. The van der Waals surface area contributed by atoms with Crippen LogP contribution in [0.2, 0.25) is 0 Å². The van der Waals surface area contributed by atoms with E-state index >= 15 is 0 Å². The molecule has 0 N–H and O–H groups in total. The normalized spacial score (nSPS) is 12.0. The number of aromatic nitrogens is 2. The predicted molar refractivity (Wildman–Crippen MR) is 94.4 cm³/mol. The maximum atomic E-state index is 12.6. The molecule has 5 nitrogen and oxygen atoms in total. The van der Waals surface area contributed by atoms with E-state index in [1.807, 2.05) is 13.0 Å². The largest absolute Gasteiger partial charge is 0.287 e. The quantitative estimate of drug-likeness (QED) is 0.546. The van der Waals surface area contributed by atoms with Gasteiger partial charge in [-0.3, -0.25) is 9.36 Å². The van der Waals surface area contributed by atoms with Crippen molar-refractivity contribution in [2.45, 2.75) is 25.0 Å². The van der Waals surface area contributed by atoms with Gasteiger partial charge in [-0.25, -0.2) is 13.4 Å². The number of rotatable bonds is 6. The molecule has 2 rings (SSSR count). The van der Waals surface area contributed by atoms with Crippen molar-refractivity contribution in [3.63, 3.8) is 0 Å². The van der Waals surface area contributed by atoms with E-state index in [9.17, 15) is 13.2 Å². The van der Waals surface area contributed by atoms with Crippen molar-refractivity contribution in [2.75, 3.05) is 17.8 Å². The predicted octanol–water partition coefficient (Wildman–Crippen LogP) is 2.71. The number of benzene rings is 1. The molecule has 0 unspecified atom stereocenters. The average Bonchev–Trinajstić information content (AvgIpc) is 2.42. The second kappa shape index (κ2) is 7.14. The fourth-order valence-electron chi connectivity index (χ4n) is 1.99. The first-order valence-electron chi connectivity index (χ1n) is 6.82. The summed E-state index contributed by atoms with van der Waals surface area (Å²) in [5.41, 5.74) is 0.539. The van der Waals surface area contributed by atoms with Crippen molar-refractivity contribution in [3.8, 4) is 0 Å². The summed E-state index contributed by atoms with van der Waals surface area (Å²) in [5, 5.41) is 1.14. The van der Waals surface area contributed by atoms with E-state index < -0.39 is 9.84 Å². The van der Waals surface area contributed by atoms with Gasteiger partial charge in [0.1, 0.15) is 9.84 Å². The van der Waals surface area contributed by atoms with Gasteiger partial charge in [0.15, 0.2) is 5.16 Å². The Bertz CT molecular complexity index is 847. The molecule has 0 saturated carbocycles. The second-order valence-electron chi connectivity index (χ2n) is 4.99. The van der Waals surface area contributed by atoms with Crippen molar-refractivity contribution < 1.29 is 8.42 Å². The van der Waals surface area contributed by atoms with Gasteiger partial charge in [0, 0.05) is 23.0 Å². The summed E-state index contributed by atoms with van der Waals surface area (Å²) in [5.74, 6) is 0.453. The van der Waals surface area contributed by atoms with E-state index in [0.29, 0.717) is 28.4 Å². The lowest BCUT2D eigenvalue weighted by Gasteiger charge is -2.12. The van der Waals surface area contributed by atoms with E-state index in [0.717, 1.165) is 10.9 Å². The number of halogens is 1. The van der Waals surface area contributed by atoms with Gasteiger partial charge in [-0.05, 0) is 24.6 Å². The Morgan fingerprint density at radius 1 is 1.36 bits per heavy atom. The van der Waals surface area contributed by atoms with Crippen LogP contribution in [-0.4, -0.2) is 35.7 Å². The van der Waals surface area contributed by atoms with Crippen LogP contribution in [0, 0.1) is 0 Å². The molecule has 22 heavy (non-hydrogen) atoms. The van der Waals surface area contributed by atoms with Gasteiger partial charge in [-0.1, -0.05) is 34.6 Å². The summed E-state index contributed by atoms with van der Waals surface area (Å²) < 4.78 is 24.9. The Morgan fingerprint density at radius 2 is 2.09 bits per heavy atom. The minimum atomic E-state index is -3.02. The summed E-state index contributed by atoms with van der Waals surface area (Å²) in [4.78, 5) is 17.1. The zero-order valence-electron chi connectivity index (χ0n) is 12.4. The van der Waals surface area contributed by atoms with Gasteiger partial charge in [-0.2, -0.15) is 0 Å². The molecule has 0 spiro atoms. The van der Waals surface area contributed by atoms with Gasteiger partial charge in [0.2, 0.25) is 0 Å².